The highest BCUT2D eigenvalue weighted by atomic mass is 16.5. The molecule has 0 radical (unpaired) electrons. The molecule has 2 aromatic carbocycles. The van der Waals surface area contributed by atoms with Gasteiger partial charge in [0.2, 0.25) is 11.8 Å². The van der Waals surface area contributed by atoms with E-state index in [1.165, 1.54) is 0 Å². The van der Waals surface area contributed by atoms with Gasteiger partial charge in [-0.15, -0.1) is 0 Å². The van der Waals surface area contributed by atoms with E-state index in [0.29, 0.717) is 26.1 Å². The number of rotatable bonds is 7. The maximum Gasteiger partial charge on any atom is 0.242 e. The zero-order valence-corrected chi connectivity index (χ0v) is 18.2. The monoisotopic (exact) mass is 420 g/mol. The highest BCUT2D eigenvalue weighted by Gasteiger charge is 2.35. The first-order valence-electron chi connectivity index (χ1n) is 10.7. The Morgan fingerprint density at radius 3 is 2.52 bits per heavy atom. The predicted octanol–water partition coefficient (Wildman–Crippen LogP) is 3.43. The summed E-state index contributed by atoms with van der Waals surface area (Å²) in [4.78, 5) is 34.2. The van der Waals surface area contributed by atoms with E-state index in [1.54, 1.807) is 12.0 Å². The molecular weight excluding hydrogens is 392 g/mol. The minimum Gasteiger partial charge on any atom is -0.497 e. The molecule has 1 aliphatic rings. The molecule has 2 heterocycles. The van der Waals surface area contributed by atoms with Crippen molar-refractivity contribution in [2.75, 3.05) is 31.6 Å². The number of hydrogen-bond acceptors (Lipinski definition) is 4. The van der Waals surface area contributed by atoms with Crippen LogP contribution in [-0.4, -0.2) is 53.0 Å². The van der Waals surface area contributed by atoms with E-state index in [-0.39, 0.29) is 24.3 Å². The summed E-state index contributed by atoms with van der Waals surface area (Å²) in [7, 11) is 1.62. The first-order chi connectivity index (χ1) is 15.0. The summed E-state index contributed by atoms with van der Waals surface area (Å²) in [6, 6.07) is 15.3. The molecule has 0 spiro atoms. The fourth-order valence-electron chi connectivity index (χ4n) is 4.28. The molecule has 1 aromatic heterocycles. The van der Waals surface area contributed by atoms with Gasteiger partial charge < -0.3 is 19.1 Å². The van der Waals surface area contributed by atoms with Crippen LogP contribution in [0.3, 0.4) is 0 Å². The summed E-state index contributed by atoms with van der Waals surface area (Å²) in [5.74, 6) is 1.59. The van der Waals surface area contributed by atoms with E-state index in [2.05, 4.69) is 0 Å². The molecule has 2 amide bonds. The Labute approximate surface area is 182 Å². The van der Waals surface area contributed by atoms with Gasteiger partial charge in [0.15, 0.2) is 0 Å². The number of carbonyl (C=O) groups is 2. The van der Waals surface area contributed by atoms with Crippen LogP contribution in [0.1, 0.15) is 32.0 Å². The van der Waals surface area contributed by atoms with Crippen molar-refractivity contribution in [2.24, 2.45) is 0 Å². The lowest BCUT2D eigenvalue weighted by Crippen LogP contribution is -2.34. The lowest BCUT2D eigenvalue weighted by Gasteiger charge is -2.21. The number of amides is 2. The maximum atomic E-state index is 12.9. The number of para-hydroxylation sites is 2. The summed E-state index contributed by atoms with van der Waals surface area (Å²) in [5, 5.41) is 0. The van der Waals surface area contributed by atoms with Crippen LogP contribution >= 0.6 is 0 Å². The van der Waals surface area contributed by atoms with Crippen molar-refractivity contribution < 1.29 is 14.3 Å². The third kappa shape index (κ3) is 4.00. The SMILES string of the molecule is CCN(CC)C(=O)Cn1c(C2CC(=O)N(c3ccc(OC)cc3)C2)nc2ccccc21. The molecular formula is C24H28N4O3. The summed E-state index contributed by atoms with van der Waals surface area (Å²) < 4.78 is 7.21. The Hall–Kier alpha value is -3.35. The number of hydrogen-bond donors (Lipinski definition) is 0. The third-order valence-electron chi connectivity index (χ3n) is 5.97. The zero-order chi connectivity index (χ0) is 22.0. The lowest BCUT2D eigenvalue weighted by atomic mass is 10.1. The van der Waals surface area contributed by atoms with E-state index < -0.39 is 0 Å². The standard InChI is InChI=1S/C24H28N4O3/c1-4-26(5-2)23(30)16-28-21-9-7-6-8-20(21)25-24(28)17-14-22(29)27(15-17)18-10-12-19(31-3)13-11-18/h6-13,17H,4-5,14-16H2,1-3H3. The van der Waals surface area contributed by atoms with Gasteiger partial charge >= 0.3 is 0 Å². The third-order valence-corrected chi connectivity index (χ3v) is 5.97. The van der Waals surface area contributed by atoms with Crippen molar-refractivity contribution >= 4 is 28.5 Å². The van der Waals surface area contributed by atoms with Gasteiger partial charge in [-0.3, -0.25) is 9.59 Å². The Morgan fingerprint density at radius 1 is 1.13 bits per heavy atom. The van der Waals surface area contributed by atoms with Gasteiger partial charge in [0, 0.05) is 37.7 Å². The first-order valence-corrected chi connectivity index (χ1v) is 10.7. The number of imidazole rings is 1. The smallest absolute Gasteiger partial charge is 0.242 e. The highest BCUT2D eigenvalue weighted by Crippen LogP contribution is 2.33. The lowest BCUT2D eigenvalue weighted by molar-refractivity contribution is -0.131. The minimum absolute atomic E-state index is 0.0591. The van der Waals surface area contributed by atoms with Gasteiger partial charge in [-0.25, -0.2) is 4.98 Å². The Balaban J connectivity index is 1.66. The van der Waals surface area contributed by atoms with Crippen molar-refractivity contribution in [3.8, 4) is 5.75 Å². The van der Waals surface area contributed by atoms with Gasteiger partial charge in [0.25, 0.3) is 0 Å². The molecule has 0 bridgehead atoms. The molecule has 4 rings (SSSR count). The van der Waals surface area contributed by atoms with Crippen LogP contribution in [0.15, 0.2) is 48.5 Å². The fraction of sp³-hybridized carbons (Fsp3) is 0.375. The highest BCUT2D eigenvalue weighted by molar-refractivity contribution is 5.96. The molecule has 1 atom stereocenters. The van der Waals surface area contributed by atoms with Gasteiger partial charge in [-0.05, 0) is 50.2 Å². The molecule has 0 N–H and O–H groups in total. The second kappa shape index (κ2) is 8.79. The van der Waals surface area contributed by atoms with Crippen LogP contribution in [0.25, 0.3) is 11.0 Å². The molecule has 0 aliphatic carbocycles. The van der Waals surface area contributed by atoms with Crippen molar-refractivity contribution in [1.29, 1.82) is 0 Å². The van der Waals surface area contributed by atoms with Gasteiger partial charge in [-0.2, -0.15) is 0 Å². The van der Waals surface area contributed by atoms with E-state index in [0.717, 1.165) is 28.3 Å². The van der Waals surface area contributed by atoms with Crippen LogP contribution < -0.4 is 9.64 Å². The van der Waals surface area contributed by atoms with Gasteiger partial charge in [0.05, 0.1) is 18.1 Å². The number of methoxy groups -OCH3 is 1. The van der Waals surface area contributed by atoms with Crippen LogP contribution in [0.2, 0.25) is 0 Å². The van der Waals surface area contributed by atoms with Crippen LogP contribution in [-0.2, 0) is 16.1 Å². The second-order valence-corrected chi connectivity index (χ2v) is 7.71. The molecule has 162 valence electrons. The summed E-state index contributed by atoms with van der Waals surface area (Å²) in [5.41, 5.74) is 2.61. The van der Waals surface area contributed by atoms with Crippen LogP contribution in [0.5, 0.6) is 5.75 Å². The quantitative estimate of drug-likeness (QED) is 0.587. The number of ether oxygens (including phenoxy) is 1. The Kier molecular flexibility index (Phi) is 5.93. The van der Waals surface area contributed by atoms with Gasteiger partial charge in [0.1, 0.15) is 18.1 Å². The van der Waals surface area contributed by atoms with Crippen molar-refractivity contribution in [2.45, 2.75) is 32.7 Å². The van der Waals surface area contributed by atoms with E-state index in [1.807, 2.05) is 71.8 Å². The average Bonchev–Trinajstić information content (AvgIpc) is 3.35. The van der Waals surface area contributed by atoms with Crippen LogP contribution in [0, 0.1) is 0 Å². The Bertz CT molecular complexity index is 1090. The number of nitrogens with zero attached hydrogens (tertiary/aromatic N) is 4. The average molecular weight is 421 g/mol. The topological polar surface area (TPSA) is 67.7 Å². The molecule has 1 saturated heterocycles. The molecule has 3 aromatic rings. The van der Waals surface area contributed by atoms with E-state index in [4.69, 9.17) is 9.72 Å². The second-order valence-electron chi connectivity index (χ2n) is 7.71. The summed E-state index contributed by atoms with van der Waals surface area (Å²) in [6.45, 7) is 6.07. The fourth-order valence-corrected chi connectivity index (χ4v) is 4.28. The number of aromatic nitrogens is 2. The van der Waals surface area contributed by atoms with Crippen LogP contribution in [0.4, 0.5) is 5.69 Å². The largest absolute Gasteiger partial charge is 0.497 e. The molecule has 7 nitrogen and oxygen atoms in total. The molecule has 1 unspecified atom stereocenters. The first kappa shape index (κ1) is 20.9. The maximum absolute atomic E-state index is 12.9. The van der Waals surface area contributed by atoms with Gasteiger partial charge in [-0.1, -0.05) is 12.1 Å². The van der Waals surface area contributed by atoms with Crippen molar-refractivity contribution in [1.82, 2.24) is 14.5 Å². The molecule has 7 heteroatoms. The summed E-state index contributed by atoms with van der Waals surface area (Å²) in [6.07, 6.45) is 0.370. The predicted molar refractivity (Wildman–Crippen MR) is 120 cm³/mol. The Morgan fingerprint density at radius 2 is 1.84 bits per heavy atom. The number of carbonyl (C=O) groups excluding carboxylic acids is 2. The summed E-state index contributed by atoms with van der Waals surface area (Å²) >= 11 is 0. The van der Waals surface area contributed by atoms with E-state index in [9.17, 15) is 9.59 Å². The molecule has 1 aliphatic heterocycles. The van der Waals surface area contributed by atoms with E-state index >= 15 is 0 Å². The number of fused-ring (bicyclic) bond motifs is 1. The zero-order valence-electron chi connectivity index (χ0n) is 18.2. The number of likely N-dealkylation sites (N-methyl/N-ethyl adjacent to an activating group) is 1. The minimum atomic E-state index is -0.0773. The molecule has 0 saturated carbocycles. The number of benzene rings is 2. The van der Waals surface area contributed by atoms with Crippen molar-refractivity contribution in [3.63, 3.8) is 0 Å². The number of anilines is 1. The normalized spacial score (nSPS) is 16.2. The molecule has 31 heavy (non-hydrogen) atoms. The van der Waals surface area contributed by atoms with Crippen molar-refractivity contribution in [3.05, 3.63) is 54.4 Å². The molecule has 1 fully saturated rings.